The van der Waals surface area contributed by atoms with E-state index in [9.17, 15) is 0 Å². The first-order valence-electron chi connectivity index (χ1n) is 9.78. The number of nitrogens with zero attached hydrogens (tertiary/aromatic N) is 3. The molecule has 2 aromatic rings. The molecule has 28 heavy (non-hydrogen) atoms. The standard InChI is InChI=1S/C23H27N3S2/c1-5-18(6-2)21-12-9-19(15-27-23-24-14-13-17(4)25-23)22(28-21)26-20-10-7-16(3)8-11-20/h7-8,10-11,13-15H,5-6,9,12H2,1-4H3/b19-15+,26-22?. The summed E-state index contributed by atoms with van der Waals surface area (Å²) in [5.74, 6) is 0. The fourth-order valence-electron chi connectivity index (χ4n) is 3.03. The third-order valence-corrected chi connectivity index (χ3v) is 6.80. The lowest BCUT2D eigenvalue weighted by Crippen LogP contribution is -2.07. The monoisotopic (exact) mass is 409 g/mol. The highest BCUT2D eigenvalue weighted by molar-refractivity contribution is 8.17. The van der Waals surface area contributed by atoms with E-state index in [1.54, 1.807) is 17.3 Å². The highest BCUT2D eigenvalue weighted by Gasteiger charge is 2.20. The van der Waals surface area contributed by atoms with Gasteiger partial charge in [0.25, 0.3) is 0 Å². The lowest BCUT2D eigenvalue weighted by Gasteiger charge is -2.22. The van der Waals surface area contributed by atoms with E-state index in [4.69, 9.17) is 4.99 Å². The van der Waals surface area contributed by atoms with Crippen LogP contribution in [0.5, 0.6) is 0 Å². The maximum Gasteiger partial charge on any atom is 0.192 e. The summed E-state index contributed by atoms with van der Waals surface area (Å²) in [5.41, 5.74) is 6.07. The predicted octanol–water partition coefficient (Wildman–Crippen LogP) is 7.40. The topological polar surface area (TPSA) is 38.1 Å². The van der Waals surface area contributed by atoms with E-state index in [2.05, 4.69) is 60.4 Å². The number of hydrogen-bond donors (Lipinski definition) is 0. The van der Waals surface area contributed by atoms with Gasteiger partial charge in [0.2, 0.25) is 0 Å². The first-order valence-corrected chi connectivity index (χ1v) is 11.5. The van der Waals surface area contributed by atoms with E-state index in [1.807, 2.05) is 30.9 Å². The van der Waals surface area contributed by atoms with Gasteiger partial charge in [0.1, 0.15) is 5.04 Å². The summed E-state index contributed by atoms with van der Waals surface area (Å²) in [4.78, 5) is 15.3. The van der Waals surface area contributed by atoms with Crippen molar-refractivity contribution in [3.63, 3.8) is 0 Å². The minimum absolute atomic E-state index is 0.788. The number of rotatable bonds is 5. The molecule has 1 aliphatic heterocycles. The van der Waals surface area contributed by atoms with Crippen molar-refractivity contribution in [1.82, 2.24) is 9.97 Å². The molecule has 0 spiro atoms. The Morgan fingerprint density at radius 2 is 1.86 bits per heavy atom. The lowest BCUT2D eigenvalue weighted by molar-refractivity contribution is 0.912. The van der Waals surface area contributed by atoms with Crippen molar-refractivity contribution in [3.05, 3.63) is 69.2 Å². The second kappa shape index (κ2) is 10.1. The van der Waals surface area contributed by atoms with Crippen molar-refractivity contribution in [2.75, 3.05) is 0 Å². The molecule has 1 saturated heterocycles. The molecule has 2 heterocycles. The second-order valence-electron chi connectivity index (χ2n) is 6.83. The van der Waals surface area contributed by atoms with E-state index in [-0.39, 0.29) is 0 Å². The van der Waals surface area contributed by atoms with Crippen molar-refractivity contribution in [3.8, 4) is 0 Å². The Labute approximate surface area is 176 Å². The highest BCUT2D eigenvalue weighted by atomic mass is 32.2. The van der Waals surface area contributed by atoms with Crippen LogP contribution in [0, 0.1) is 13.8 Å². The Bertz CT molecular complexity index is 906. The number of thioether (sulfide) groups is 2. The van der Waals surface area contributed by atoms with Gasteiger partial charge in [0, 0.05) is 11.9 Å². The van der Waals surface area contributed by atoms with E-state index in [0.29, 0.717) is 0 Å². The highest BCUT2D eigenvalue weighted by Crippen LogP contribution is 2.40. The van der Waals surface area contributed by atoms with Gasteiger partial charge < -0.3 is 0 Å². The summed E-state index contributed by atoms with van der Waals surface area (Å²) in [5, 5.41) is 4.07. The first-order chi connectivity index (χ1) is 13.6. The molecule has 5 heteroatoms. The maximum absolute atomic E-state index is 4.99. The molecule has 1 aliphatic rings. The van der Waals surface area contributed by atoms with E-state index in [1.165, 1.54) is 16.0 Å². The van der Waals surface area contributed by atoms with Gasteiger partial charge in [-0.2, -0.15) is 0 Å². The average molecular weight is 410 g/mol. The minimum atomic E-state index is 0.788. The molecule has 1 aromatic heterocycles. The predicted molar refractivity (Wildman–Crippen MR) is 123 cm³/mol. The third-order valence-electron chi connectivity index (χ3n) is 4.71. The van der Waals surface area contributed by atoms with Crippen molar-refractivity contribution in [2.45, 2.75) is 58.5 Å². The maximum atomic E-state index is 4.99. The van der Waals surface area contributed by atoms with Crippen LogP contribution < -0.4 is 0 Å². The molecular weight excluding hydrogens is 382 g/mol. The number of hydrogen-bond acceptors (Lipinski definition) is 5. The molecular formula is C23H27N3S2. The molecule has 0 bridgehead atoms. The van der Waals surface area contributed by atoms with Crippen LogP contribution in [0.1, 0.15) is 50.8 Å². The van der Waals surface area contributed by atoms with Crippen LogP contribution in [0.4, 0.5) is 5.69 Å². The fraction of sp³-hybridized carbons (Fsp3) is 0.348. The molecule has 3 rings (SSSR count). The average Bonchev–Trinajstić information content (AvgIpc) is 2.70. The van der Waals surface area contributed by atoms with Gasteiger partial charge in [-0.3, -0.25) is 0 Å². The fourth-order valence-corrected chi connectivity index (χ4v) is 5.21. The molecule has 0 unspecified atom stereocenters. The van der Waals surface area contributed by atoms with Gasteiger partial charge in [-0.25, -0.2) is 15.0 Å². The summed E-state index contributed by atoms with van der Waals surface area (Å²) < 4.78 is 0. The normalized spacial score (nSPS) is 17.4. The quantitative estimate of drug-likeness (QED) is 0.381. The Hall–Kier alpha value is -1.85. The van der Waals surface area contributed by atoms with Gasteiger partial charge in [-0.05, 0) is 73.6 Å². The van der Waals surface area contributed by atoms with Crippen LogP contribution in [0.3, 0.4) is 0 Å². The van der Waals surface area contributed by atoms with Crippen LogP contribution in [-0.4, -0.2) is 15.0 Å². The SMILES string of the molecule is CCC(CC)=C1CC/C(=C\Sc2nccc(C)n2)C(=Nc2ccc(C)cc2)S1. The van der Waals surface area contributed by atoms with E-state index < -0.39 is 0 Å². The Balaban J connectivity index is 1.92. The van der Waals surface area contributed by atoms with Crippen molar-refractivity contribution >= 4 is 34.3 Å². The Morgan fingerprint density at radius 1 is 1.11 bits per heavy atom. The summed E-state index contributed by atoms with van der Waals surface area (Å²) in [6.07, 6.45) is 6.14. The lowest BCUT2D eigenvalue weighted by atomic mass is 10.1. The summed E-state index contributed by atoms with van der Waals surface area (Å²) >= 11 is 3.43. The van der Waals surface area contributed by atoms with Crippen molar-refractivity contribution in [2.24, 2.45) is 4.99 Å². The van der Waals surface area contributed by atoms with Gasteiger partial charge in [-0.1, -0.05) is 60.6 Å². The molecule has 146 valence electrons. The molecule has 3 nitrogen and oxygen atoms in total. The zero-order valence-corrected chi connectivity index (χ0v) is 18.7. The van der Waals surface area contributed by atoms with Gasteiger partial charge in [0.15, 0.2) is 5.16 Å². The Kier molecular flexibility index (Phi) is 7.51. The van der Waals surface area contributed by atoms with E-state index >= 15 is 0 Å². The zero-order chi connectivity index (χ0) is 19.9. The number of aliphatic imine (C=N–C) groups is 1. The summed E-state index contributed by atoms with van der Waals surface area (Å²) in [7, 11) is 0. The molecule has 0 radical (unpaired) electrons. The van der Waals surface area contributed by atoms with Crippen LogP contribution >= 0.6 is 23.5 Å². The summed E-state index contributed by atoms with van der Waals surface area (Å²) in [6.45, 7) is 8.60. The van der Waals surface area contributed by atoms with Gasteiger partial charge in [-0.15, -0.1) is 0 Å². The molecule has 0 saturated carbocycles. The smallest absolute Gasteiger partial charge is 0.192 e. The number of benzene rings is 1. The van der Waals surface area contributed by atoms with Crippen LogP contribution in [0.2, 0.25) is 0 Å². The van der Waals surface area contributed by atoms with Gasteiger partial charge in [0.05, 0.1) is 5.69 Å². The third kappa shape index (κ3) is 5.58. The molecule has 0 amide bonds. The largest absolute Gasteiger partial charge is 0.241 e. The number of aromatic nitrogens is 2. The second-order valence-corrected chi connectivity index (χ2v) is 8.75. The minimum Gasteiger partial charge on any atom is -0.241 e. The first kappa shape index (κ1) is 20.9. The van der Waals surface area contributed by atoms with Crippen LogP contribution in [-0.2, 0) is 0 Å². The zero-order valence-electron chi connectivity index (χ0n) is 17.0. The Morgan fingerprint density at radius 3 is 2.54 bits per heavy atom. The number of aryl methyl sites for hydroxylation is 2. The molecule has 0 atom stereocenters. The van der Waals surface area contributed by atoms with Crippen LogP contribution in [0.25, 0.3) is 0 Å². The molecule has 1 aromatic carbocycles. The molecule has 1 fully saturated rings. The van der Waals surface area contributed by atoms with Crippen molar-refractivity contribution < 1.29 is 0 Å². The van der Waals surface area contributed by atoms with Crippen molar-refractivity contribution in [1.29, 1.82) is 0 Å². The van der Waals surface area contributed by atoms with E-state index in [0.717, 1.165) is 47.3 Å². The number of allylic oxidation sites excluding steroid dienone is 2. The summed E-state index contributed by atoms with van der Waals surface area (Å²) in [6, 6.07) is 10.3. The van der Waals surface area contributed by atoms with Crippen LogP contribution in [0.15, 0.2) is 68.1 Å². The molecule has 0 N–H and O–H groups in total. The molecule has 0 aliphatic carbocycles. The van der Waals surface area contributed by atoms with Gasteiger partial charge >= 0.3 is 0 Å².